The van der Waals surface area contributed by atoms with E-state index in [2.05, 4.69) is 85.5 Å². The smallest absolute Gasteiger partial charge is 0.129 e. The lowest BCUT2D eigenvalue weighted by atomic mass is 10.1. The van der Waals surface area contributed by atoms with Crippen LogP contribution in [0.4, 0.5) is 28.4 Å². The largest absolute Gasteiger partial charge is 0.496 e. The van der Waals surface area contributed by atoms with E-state index in [1.54, 1.807) is 7.11 Å². The summed E-state index contributed by atoms with van der Waals surface area (Å²) in [6.45, 7) is 4.21. The third-order valence-electron chi connectivity index (χ3n) is 6.37. The zero-order valence-corrected chi connectivity index (χ0v) is 22.0. The van der Waals surface area contributed by atoms with Gasteiger partial charge in [-0.15, -0.1) is 0 Å². The maximum absolute atomic E-state index is 5.85. The molecule has 0 unspecified atom stereocenters. The Bertz CT molecular complexity index is 1410. The molecule has 5 aromatic rings. The third kappa shape index (κ3) is 5.60. The summed E-state index contributed by atoms with van der Waals surface area (Å²) in [5.74, 6) is 0.747. The number of para-hydroxylation sites is 2. The molecular weight excluding hydrogens is 466 g/mol. The lowest BCUT2D eigenvalue weighted by Gasteiger charge is -2.26. The van der Waals surface area contributed by atoms with Gasteiger partial charge in [0.05, 0.1) is 24.7 Å². The van der Waals surface area contributed by atoms with Crippen molar-refractivity contribution in [1.82, 2.24) is 0 Å². The summed E-state index contributed by atoms with van der Waals surface area (Å²) in [5.41, 5.74) is 8.48. The number of benzene rings is 5. The van der Waals surface area contributed by atoms with E-state index in [0.717, 1.165) is 39.7 Å². The second-order valence-corrected chi connectivity index (χ2v) is 9.16. The zero-order chi connectivity index (χ0) is 26.3. The van der Waals surface area contributed by atoms with Crippen LogP contribution in [0.2, 0.25) is 0 Å². The maximum atomic E-state index is 5.85. The molecule has 0 aliphatic heterocycles. The van der Waals surface area contributed by atoms with Crippen LogP contribution >= 0.6 is 0 Å². The number of anilines is 5. The fraction of sp³-hybridized carbons (Fsp3) is 0.0882. The highest BCUT2D eigenvalue weighted by molar-refractivity contribution is 5.88. The van der Waals surface area contributed by atoms with Crippen molar-refractivity contribution in [3.05, 3.63) is 144 Å². The van der Waals surface area contributed by atoms with Gasteiger partial charge in [-0.05, 0) is 74.5 Å². The van der Waals surface area contributed by atoms with Crippen LogP contribution in [-0.4, -0.2) is 13.3 Å². The van der Waals surface area contributed by atoms with Crippen LogP contribution in [0.3, 0.4) is 0 Å². The molecule has 4 heteroatoms. The van der Waals surface area contributed by atoms with Gasteiger partial charge in [0.2, 0.25) is 0 Å². The first-order valence-electron chi connectivity index (χ1n) is 12.7. The van der Waals surface area contributed by atoms with Gasteiger partial charge >= 0.3 is 0 Å². The summed E-state index contributed by atoms with van der Waals surface area (Å²) < 4.78 is 5.85. The van der Waals surface area contributed by atoms with Crippen LogP contribution in [0.5, 0.6) is 5.75 Å². The molecule has 0 aliphatic rings. The van der Waals surface area contributed by atoms with Gasteiger partial charge in [0, 0.05) is 28.7 Å². The number of hydrazone groups is 1. The highest BCUT2D eigenvalue weighted by Crippen LogP contribution is 2.37. The number of nitrogens with zero attached hydrogens (tertiary/aromatic N) is 3. The standard InChI is InChI=1S/C34H31N3O/c1-26-14-19-29(20-15-26)36(30-21-16-27(2)17-22-30)33-23-18-28(34(24-33)38-3)25-35-37(31-10-6-4-7-11-31)32-12-8-5-9-13-32/h4-25H,1-3H3. The molecule has 38 heavy (non-hydrogen) atoms. The molecule has 5 aromatic carbocycles. The van der Waals surface area contributed by atoms with E-state index >= 15 is 0 Å². The van der Waals surface area contributed by atoms with Crippen LogP contribution in [0.25, 0.3) is 0 Å². The Hall–Kier alpha value is -4.83. The molecule has 0 amide bonds. The Morgan fingerprint density at radius 3 is 1.50 bits per heavy atom. The topological polar surface area (TPSA) is 28.1 Å². The van der Waals surface area contributed by atoms with Crippen LogP contribution in [-0.2, 0) is 0 Å². The molecule has 188 valence electrons. The van der Waals surface area contributed by atoms with E-state index in [1.807, 2.05) is 71.9 Å². The second kappa shape index (κ2) is 11.5. The Balaban J connectivity index is 1.53. The van der Waals surface area contributed by atoms with Crippen molar-refractivity contribution >= 4 is 34.7 Å². The average molecular weight is 498 g/mol. The molecule has 4 nitrogen and oxygen atoms in total. The molecule has 0 atom stereocenters. The first kappa shape index (κ1) is 24.8. The molecule has 0 spiro atoms. The molecule has 0 aliphatic carbocycles. The lowest BCUT2D eigenvalue weighted by molar-refractivity contribution is 0.414. The predicted octanol–water partition coefficient (Wildman–Crippen LogP) is 8.95. The van der Waals surface area contributed by atoms with Crippen molar-refractivity contribution < 1.29 is 4.74 Å². The summed E-state index contributed by atoms with van der Waals surface area (Å²) in [4.78, 5) is 2.24. The molecule has 0 saturated heterocycles. The minimum Gasteiger partial charge on any atom is -0.496 e. The summed E-state index contributed by atoms with van der Waals surface area (Å²) in [5, 5.41) is 6.80. The molecular formula is C34H31N3O. The van der Waals surface area contributed by atoms with Crippen LogP contribution in [0, 0.1) is 13.8 Å². The fourth-order valence-corrected chi connectivity index (χ4v) is 4.32. The molecule has 5 rings (SSSR count). The first-order chi connectivity index (χ1) is 18.6. The van der Waals surface area contributed by atoms with E-state index < -0.39 is 0 Å². The van der Waals surface area contributed by atoms with Gasteiger partial charge in [0.25, 0.3) is 0 Å². The number of hydrogen-bond donors (Lipinski definition) is 0. The van der Waals surface area contributed by atoms with Gasteiger partial charge < -0.3 is 9.64 Å². The van der Waals surface area contributed by atoms with Crippen LogP contribution in [0.15, 0.2) is 132 Å². The predicted molar refractivity (Wildman–Crippen MR) is 160 cm³/mol. The zero-order valence-electron chi connectivity index (χ0n) is 22.0. The second-order valence-electron chi connectivity index (χ2n) is 9.16. The van der Waals surface area contributed by atoms with Crippen molar-refractivity contribution in [3.8, 4) is 5.75 Å². The summed E-state index contributed by atoms with van der Waals surface area (Å²) in [7, 11) is 1.70. The number of ether oxygens (including phenoxy) is 1. The molecule has 0 aromatic heterocycles. The van der Waals surface area contributed by atoms with Gasteiger partial charge in [0.15, 0.2) is 0 Å². The van der Waals surface area contributed by atoms with Gasteiger partial charge in [-0.3, -0.25) is 0 Å². The molecule has 0 heterocycles. The van der Waals surface area contributed by atoms with Gasteiger partial charge in [-0.2, -0.15) is 5.10 Å². The van der Waals surface area contributed by atoms with Crippen LogP contribution in [0.1, 0.15) is 16.7 Å². The van der Waals surface area contributed by atoms with Crippen molar-refractivity contribution in [2.24, 2.45) is 5.10 Å². The van der Waals surface area contributed by atoms with Crippen molar-refractivity contribution in [2.45, 2.75) is 13.8 Å². The molecule has 0 saturated carbocycles. The Kier molecular flexibility index (Phi) is 7.51. The van der Waals surface area contributed by atoms with Gasteiger partial charge in [-0.1, -0.05) is 71.8 Å². The van der Waals surface area contributed by atoms with E-state index in [4.69, 9.17) is 9.84 Å². The maximum Gasteiger partial charge on any atom is 0.129 e. The van der Waals surface area contributed by atoms with E-state index in [0.29, 0.717) is 0 Å². The number of hydrogen-bond acceptors (Lipinski definition) is 4. The molecule has 0 fully saturated rings. The average Bonchev–Trinajstić information content (AvgIpc) is 2.97. The van der Waals surface area contributed by atoms with Crippen molar-refractivity contribution in [2.75, 3.05) is 17.0 Å². The minimum absolute atomic E-state index is 0.747. The monoisotopic (exact) mass is 497 g/mol. The van der Waals surface area contributed by atoms with Crippen molar-refractivity contribution in [3.63, 3.8) is 0 Å². The molecule has 0 radical (unpaired) electrons. The lowest BCUT2D eigenvalue weighted by Crippen LogP contribution is -2.11. The Morgan fingerprint density at radius 2 is 1.03 bits per heavy atom. The van der Waals surface area contributed by atoms with E-state index in [1.165, 1.54) is 11.1 Å². The normalized spacial score (nSPS) is 10.9. The molecule has 0 N–H and O–H groups in total. The number of aryl methyl sites for hydroxylation is 2. The van der Waals surface area contributed by atoms with Gasteiger partial charge in [0.1, 0.15) is 5.75 Å². The van der Waals surface area contributed by atoms with Crippen molar-refractivity contribution in [1.29, 1.82) is 0 Å². The highest BCUT2D eigenvalue weighted by Gasteiger charge is 2.15. The molecule has 0 bridgehead atoms. The van der Waals surface area contributed by atoms with E-state index in [-0.39, 0.29) is 0 Å². The quantitative estimate of drug-likeness (QED) is 0.158. The van der Waals surface area contributed by atoms with Gasteiger partial charge in [-0.25, -0.2) is 5.01 Å². The minimum atomic E-state index is 0.747. The summed E-state index contributed by atoms with van der Waals surface area (Å²) >= 11 is 0. The number of rotatable bonds is 8. The third-order valence-corrected chi connectivity index (χ3v) is 6.37. The summed E-state index contributed by atoms with van der Waals surface area (Å²) in [6.07, 6.45) is 1.85. The Labute approximate surface area is 225 Å². The highest BCUT2D eigenvalue weighted by atomic mass is 16.5. The first-order valence-corrected chi connectivity index (χ1v) is 12.7. The Morgan fingerprint density at radius 1 is 0.553 bits per heavy atom. The summed E-state index contributed by atoms with van der Waals surface area (Å²) in [6, 6.07) is 43.6. The van der Waals surface area contributed by atoms with E-state index in [9.17, 15) is 0 Å². The SMILES string of the molecule is COc1cc(N(c2ccc(C)cc2)c2ccc(C)cc2)ccc1C=NN(c1ccccc1)c1ccccc1. The fourth-order valence-electron chi connectivity index (χ4n) is 4.32. The number of methoxy groups -OCH3 is 1. The van der Waals surface area contributed by atoms with Crippen LogP contribution < -0.4 is 14.6 Å².